The monoisotopic (exact) mass is 276 g/mol. The van der Waals surface area contributed by atoms with E-state index in [2.05, 4.69) is 0 Å². The molecule has 2 aromatic rings. The van der Waals surface area contributed by atoms with Gasteiger partial charge < -0.3 is 15.1 Å². The SMILES string of the molecule is Nc1ccc2c(c1)CCCN2C(=O)c1ccoc1Cl. The number of nitrogens with two attached hydrogens (primary N) is 1. The highest BCUT2D eigenvalue weighted by molar-refractivity contribution is 6.32. The summed E-state index contributed by atoms with van der Waals surface area (Å²) in [5.41, 5.74) is 8.90. The summed E-state index contributed by atoms with van der Waals surface area (Å²) in [6.45, 7) is 0.678. The van der Waals surface area contributed by atoms with Crippen LogP contribution in [0.5, 0.6) is 0 Å². The van der Waals surface area contributed by atoms with Crippen molar-refractivity contribution in [2.75, 3.05) is 17.2 Å². The summed E-state index contributed by atoms with van der Waals surface area (Å²) < 4.78 is 4.98. The van der Waals surface area contributed by atoms with Crippen LogP contribution >= 0.6 is 11.6 Å². The Kier molecular flexibility index (Phi) is 2.95. The summed E-state index contributed by atoms with van der Waals surface area (Å²) in [7, 11) is 0. The predicted molar refractivity (Wildman–Crippen MR) is 74.6 cm³/mol. The molecule has 19 heavy (non-hydrogen) atoms. The second-order valence-electron chi connectivity index (χ2n) is 4.56. The van der Waals surface area contributed by atoms with Crippen LogP contribution in [0.4, 0.5) is 11.4 Å². The number of anilines is 2. The molecule has 3 rings (SSSR count). The second-order valence-corrected chi connectivity index (χ2v) is 4.90. The van der Waals surface area contributed by atoms with Gasteiger partial charge in [-0.1, -0.05) is 0 Å². The lowest BCUT2D eigenvalue weighted by Gasteiger charge is -2.29. The molecule has 4 nitrogen and oxygen atoms in total. The summed E-state index contributed by atoms with van der Waals surface area (Å²) in [6.07, 6.45) is 3.27. The van der Waals surface area contributed by atoms with E-state index in [9.17, 15) is 4.79 Å². The van der Waals surface area contributed by atoms with E-state index in [-0.39, 0.29) is 11.1 Å². The van der Waals surface area contributed by atoms with Gasteiger partial charge in [-0.3, -0.25) is 4.79 Å². The first-order chi connectivity index (χ1) is 9.16. The highest BCUT2D eigenvalue weighted by atomic mass is 35.5. The maximum absolute atomic E-state index is 12.5. The van der Waals surface area contributed by atoms with Gasteiger partial charge in [0.2, 0.25) is 5.22 Å². The number of aryl methyl sites for hydroxylation is 1. The molecule has 1 amide bonds. The number of benzene rings is 1. The third-order valence-corrected chi connectivity index (χ3v) is 3.61. The van der Waals surface area contributed by atoms with Crippen molar-refractivity contribution in [3.05, 3.63) is 46.9 Å². The molecular weight excluding hydrogens is 264 g/mol. The average Bonchev–Trinajstić information content (AvgIpc) is 2.83. The van der Waals surface area contributed by atoms with Crippen molar-refractivity contribution < 1.29 is 9.21 Å². The van der Waals surface area contributed by atoms with Gasteiger partial charge in [0.25, 0.3) is 5.91 Å². The summed E-state index contributed by atoms with van der Waals surface area (Å²) in [6, 6.07) is 7.21. The van der Waals surface area contributed by atoms with Gasteiger partial charge in [-0.2, -0.15) is 0 Å². The van der Waals surface area contributed by atoms with E-state index in [1.54, 1.807) is 17.0 Å². The van der Waals surface area contributed by atoms with E-state index >= 15 is 0 Å². The van der Waals surface area contributed by atoms with Crippen molar-refractivity contribution in [1.29, 1.82) is 0 Å². The molecule has 98 valence electrons. The van der Waals surface area contributed by atoms with E-state index in [0.717, 1.165) is 29.8 Å². The highest BCUT2D eigenvalue weighted by Crippen LogP contribution is 2.31. The van der Waals surface area contributed by atoms with Crippen LogP contribution in [0.2, 0.25) is 5.22 Å². The Balaban J connectivity index is 2.00. The summed E-state index contributed by atoms with van der Waals surface area (Å²) >= 11 is 5.87. The lowest BCUT2D eigenvalue weighted by Crippen LogP contribution is -2.35. The maximum atomic E-state index is 12.5. The molecule has 1 aromatic heterocycles. The van der Waals surface area contributed by atoms with Gasteiger partial charge in [-0.05, 0) is 54.3 Å². The summed E-state index contributed by atoms with van der Waals surface area (Å²) in [4.78, 5) is 14.2. The van der Waals surface area contributed by atoms with Crippen molar-refractivity contribution in [1.82, 2.24) is 0 Å². The van der Waals surface area contributed by atoms with E-state index in [0.29, 0.717) is 12.1 Å². The second kappa shape index (κ2) is 4.63. The van der Waals surface area contributed by atoms with Crippen LogP contribution < -0.4 is 10.6 Å². The van der Waals surface area contributed by atoms with Crippen LogP contribution in [0, 0.1) is 0 Å². The zero-order valence-electron chi connectivity index (χ0n) is 10.2. The Labute approximate surface area is 115 Å². The number of nitrogen functional groups attached to an aromatic ring is 1. The van der Waals surface area contributed by atoms with E-state index in [1.807, 2.05) is 12.1 Å². The molecule has 0 saturated carbocycles. The number of hydrogen-bond donors (Lipinski definition) is 1. The third-order valence-electron chi connectivity index (χ3n) is 3.32. The van der Waals surface area contributed by atoms with Gasteiger partial charge in [-0.25, -0.2) is 0 Å². The normalized spacial score (nSPS) is 14.3. The van der Waals surface area contributed by atoms with Gasteiger partial charge in [-0.15, -0.1) is 0 Å². The highest BCUT2D eigenvalue weighted by Gasteiger charge is 2.26. The van der Waals surface area contributed by atoms with Crippen LogP contribution in [0.15, 0.2) is 34.9 Å². The third kappa shape index (κ3) is 2.08. The zero-order valence-corrected chi connectivity index (χ0v) is 11.0. The standard InChI is InChI=1S/C14H13ClN2O2/c15-13-11(5-7-19-13)14(18)17-6-1-2-9-8-10(16)3-4-12(9)17/h3-5,7-8H,1-2,6,16H2. The van der Waals surface area contributed by atoms with Crippen molar-refractivity contribution in [2.24, 2.45) is 0 Å². The summed E-state index contributed by atoms with van der Waals surface area (Å²) in [5.74, 6) is -0.135. The minimum absolute atomic E-state index is 0.132. The maximum Gasteiger partial charge on any atom is 0.263 e. The molecule has 0 spiro atoms. The van der Waals surface area contributed by atoms with Crippen LogP contribution in [0.3, 0.4) is 0 Å². The van der Waals surface area contributed by atoms with Gasteiger partial charge in [0.1, 0.15) is 0 Å². The first-order valence-corrected chi connectivity index (χ1v) is 6.48. The van der Waals surface area contributed by atoms with Crippen LogP contribution in [0.25, 0.3) is 0 Å². The molecule has 2 N–H and O–H groups in total. The molecule has 2 heterocycles. The number of amides is 1. The summed E-state index contributed by atoms with van der Waals surface area (Å²) in [5, 5.41) is 0.132. The fourth-order valence-electron chi connectivity index (χ4n) is 2.42. The topological polar surface area (TPSA) is 59.5 Å². The number of rotatable bonds is 1. The Morgan fingerprint density at radius 2 is 2.21 bits per heavy atom. The minimum atomic E-state index is -0.135. The van der Waals surface area contributed by atoms with Gasteiger partial charge >= 0.3 is 0 Å². The lowest BCUT2D eigenvalue weighted by atomic mass is 10.0. The molecule has 0 fully saturated rings. The molecule has 0 saturated heterocycles. The molecular formula is C14H13ClN2O2. The van der Waals surface area contributed by atoms with Crippen molar-refractivity contribution in [2.45, 2.75) is 12.8 Å². The molecule has 0 atom stereocenters. The molecule has 0 unspecified atom stereocenters. The van der Waals surface area contributed by atoms with Crippen molar-refractivity contribution in [3.63, 3.8) is 0 Å². The number of carbonyl (C=O) groups excluding carboxylic acids is 1. The Morgan fingerprint density at radius 3 is 2.95 bits per heavy atom. The Morgan fingerprint density at radius 1 is 1.37 bits per heavy atom. The lowest BCUT2D eigenvalue weighted by molar-refractivity contribution is 0.0984. The first kappa shape index (κ1) is 12.1. The average molecular weight is 277 g/mol. The number of furan rings is 1. The van der Waals surface area contributed by atoms with Crippen LogP contribution in [-0.4, -0.2) is 12.5 Å². The molecule has 5 heteroatoms. The molecule has 0 radical (unpaired) electrons. The Bertz CT molecular complexity index is 636. The number of nitrogens with zero attached hydrogens (tertiary/aromatic N) is 1. The molecule has 0 aliphatic carbocycles. The van der Waals surface area contributed by atoms with Crippen LogP contribution in [0.1, 0.15) is 22.3 Å². The largest absolute Gasteiger partial charge is 0.452 e. The van der Waals surface area contributed by atoms with Gasteiger partial charge in [0, 0.05) is 17.9 Å². The predicted octanol–water partition coefficient (Wildman–Crippen LogP) is 3.11. The van der Waals surface area contributed by atoms with E-state index in [1.165, 1.54) is 6.26 Å². The van der Waals surface area contributed by atoms with Gasteiger partial charge in [0.05, 0.1) is 11.8 Å². The smallest absolute Gasteiger partial charge is 0.263 e. The minimum Gasteiger partial charge on any atom is -0.452 e. The molecule has 0 bridgehead atoms. The zero-order chi connectivity index (χ0) is 13.4. The molecule has 1 aliphatic rings. The van der Waals surface area contributed by atoms with Crippen molar-refractivity contribution >= 4 is 28.9 Å². The molecule has 1 aromatic carbocycles. The van der Waals surface area contributed by atoms with Gasteiger partial charge in [0.15, 0.2) is 0 Å². The number of carbonyl (C=O) groups is 1. The number of hydrogen-bond acceptors (Lipinski definition) is 3. The van der Waals surface area contributed by atoms with Crippen LogP contribution in [-0.2, 0) is 6.42 Å². The van der Waals surface area contributed by atoms with Crippen molar-refractivity contribution in [3.8, 4) is 0 Å². The quantitative estimate of drug-likeness (QED) is 0.814. The fraction of sp³-hybridized carbons (Fsp3) is 0.214. The first-order valence-electron chi connectivity index (χ1n) is 6.10. The molecule has 1 aliphatic heterocycles. The van der Waals surface area contributed by atoms with E-state index in [4.69, 9.17) is 21.8 Å². The Hall–Kier alpha value is -1.94. The van der Waals surface area contributed by atoms with E-state index < -0.39 is 0 Å². The fourth-order valence-corrected chi connectivity index (χ4v) is 2.61. The number of halogens is 1. The number of fused-ring (bicyclic) bond motifs is 1.